The van der Waals surface area contributed by atoms with E-state index in [0.29, 0.717) is 22.5 Å². The fourth-order valence-electron chi connectivity index (χ4n) is 3.54. The molecule has 0 fully saturated rings. The number of furan rings is 1. The SMILES string of the molecule is O=C(Nc1ccc2c(c1)oc1ccccc12)c1cccc(NS(=O)(=O)c2ccccc2)c1. The Hall–Kier alpha value is -4.10. The lowest BCUT2D eigenvalue weighted by molar-refractivity contribution is 0.102. The number of carbonyl (C=O) groups is 1. The van der Waals surface area contributed by atoms with Crippen molar-refractivity contribution in [2.24, 2.45) is 0 Å². The molecule has 2 N–H and O–H groups in total. The van der Waals surface area contributed by atoms with Crippen molar-refractivity contribution < 1.29 is 17.6 Å². The Morgan fingerprint density at radius 2 is 1.44 bits per heavy atom. The van der Waals surface area contributed by atoms with Gasteiger partial charge in [0.2, 0.25) is 0 Å². The molecule has 6 nitrogen and oxygen atoms in total. The predicted octanol–water partition coefficient (Wildman–Crippen LogP) is 5.64. The molecule has 0 unspecified atom stereocenters. The number of anilines is 2. The zero-order valence-electron chi connectivity index (χ0n) is 16.8. The molecule has 0 bridgehead atoms. The summed E-state index contributed by atoms with van der Waals surface area (Å²) in [6.07, 6.45) is 0. The Bertz CT molecular complexity index is 1560. The van der Waals surface area contributed by atoms with E-state index in [9.17, 15) is 13.2 Å². The molecule has 32 heavy (non-hydrogen) atoms. The Balaban J connectivity index is 1.37. The molecule has 158 valence electrons. The maximum Gasteiger partial charge on any atom is 0.261 e. The summed E-state index contributed by atoms with van der Waals surface area (Å²) < 4.78 is 33.5. The average Bonchev–Trinajstić information content (AvgIpc) is 3.17. The Morgan fingerprint density at radius 1 is 0.688 bits per heavy atom. The standard InChI is InChI=1S/C25H18N2O4S/c28-25(26-18-13-14-22-21-11-4-5-12-23(21)31-24(22)16-18)17-7-6-8-19(15-17)27-32(29,30)20-9-2-1-3-10-20/h1-16,27H,(H,26,28). The van der Waals surface area contributed by atoms with Gasteiger partial charge in [-0.05, 0) is 48.5 Å². The summed E-state index contributed by atoms with van der Waals surface area (Å²) in [4.78, 5) is 12.9. The zero-order chi connectivity index (χ0) is 22.1. The van der Waals surface area contributed by atoms with Gasteiger partial charge in [0.1, 0.15) is 11.2 Å². The fraction of sp³-hybridized carbons (Fsp3) is 0. The van der Waals surface area contributed by atoms with Gasteiger partial charge in [-0.2, -0.15) is 0 Å². The van der Waals surface area contributed by atoms with Crippen molar-refractivity contribution in [1.82, 2.24) is 0 Å². The third-order valence-corrected chi connectivity index (χ3v) is 6.46. The molecule has 0 aliphatic carbocycles. The molecule has 1 amide bonds. The normalized spacial score (nSPS) is 11.5. The van der Waals surface area contributed by atoms with E-state index >= 15 is 0 Å². The number of nitrogens with one attached hydrogen (secondary N) is 2. The van der Waals surface area contributed by atoms with Gasteiger partial charge in [0, 0.05) is 33.8 Å². The largest absolute Gasteiger partial charge is 0.456 e. The van der Waals surface area contributed by atoms with Crippen LogP contribution in [0.5, 0.6) is 0 Å². The van der Waals surface area contributed by atoms with E-state index in [-0.39, 0.29) is 10.8 Å². The number of rotatable bonds is 5. The Labute approximate surface area is 184 Å². The third-order valence-electron chi connectivity index (χ3n) is 5.07. The van der Waals surface area contributed by atoms with Crippen molar-refractivity contribution in [3.63, 3.8) is 0 Å². The molecule has 5 aromatic rings. The first-order valence-corrected chi connectivity index (χ1v) is 11.4. The summed E-state index contributed by atoms with van der Waals surface area (Å²) in [5.74, 6) is -0.360. The highest BCUT2D eigenvalue weighted by Crippen LogP contribution is 2.30. The van der Waals surface area contributed by atoms with Gasteiger partial charge in [0.15, 0.2) is 0 Å². The molecule has 0 atom stereocenters. The lowest BCUT2D eigenvalue weighted by Gasteiger charge is -2.10. The summed E-state index contributed by atoms with van der Waals surface area (Å²) in [7, 11) is -3.75. The summed E-state index contributed by atoms with van der Waals surface area (Å²) in [5.41, 5.74) is 2.66. The van der Waals surface area contributed by atoms with Crippen LogP contribution in [0.25, 0.3) is 21.9 Å². The van der Waals surface area contributed by atoms with Crippen LogP contribution in [0, 0.1) is 0 Å². The number of hydrogen-bond acceptors (Lipinski definition) is 4. The third kappa shape index (κ3) is 3.81. The smallest absolute Gasteiger partial charge is 0.261 e. The molecular formula is C25H18N2O4S. The summed E-state index contributed by atoms with van der Waals surface area (Å²) in [5, 5.41) is 4.82. The summed E-state index contributed by atoms with van der Waals surface area (Å²) >= 11 is 0. The van der Waals surface area contributed by atoms with Crippen LogP contribution in [-0.2, 0) is 10.0 Å². The van der Waals surface area contributed by atoms with Crippen molar-refractivity contribution in [1.29, 1.82) is 0 Å². The van der Waals surface area contributed by atoms with Crippen molar-refractivity contribution in [3.05, 3.63) is 103 Å². The van der Waals surface area contributed by atoms with E-state index in [1.54, 1.807) is 42.5 Å². The van der Waals surface area contributed by atoms with Crippen LogP contribution in [0.3, 0.4) is 0 Å². The minimum absolute atomic E-state index is 0.147. The fourth-order valence-corrected chi connectivity index (χ4v) is 4.62. The maximum absolute atomic E-state index is 12.8. The van der Waals surface area contributed by atoms with Crippen LogP contribution in [0.4, 0.5) is 11.4 Å². The van der Waals surface area contributed by atoms with E-state index in [2.05, 4.69) is 10.0 Å². The van der Waals surface area contributed by atoms with E-state index < -0.39 is 10.0 Å². The second-order valence-corrected chi connectivity index (χ2v) is 8.95. The minimum Gasteiger partial charge on any atom is -0.456 e. The van der Waals surface area contributed by atoms with E-state index in [1.165, 1.54) is 18.2 Å². The zero-order valence-corrected chi connectivity index (χ0v) is 17.6. The molecule has 1 aromatic heterocycles. The van der Waals surface area contributed by atoms with Crippen LogP contribution in [0.2, 0.25) is 0 Å². The lowest BCUT2D eigenvalue weighted by atomic mass is 10.1. The molecule has 0 saturated carbocycles. The van der Waals surface area contributed by atoms with Crippen LogP contribution < -0.4 is 10.0 Å². The van der Waals surface area contributed by atoms with Crippen molar-refractivity contribution in [2.75, 3.05) is 10.0 Å². The number of benzene rings is 4. The van der Waals surface area contributed by atoms with Gasteiger partial charge in [0.25, 0.3) is 15.9 Å². The first kappa shape index (κ1) is 19.8. The predicted molar refractivity (Wildman–Crippen MR) is 125 cm³/mol. The van der Waals surface area contributed by atoms with E-state index in [1.807, 2.05) is 36.4 Å². The van der Waals surface area contributed by atoms with Gasteiger partial charge in [-0.1, -0.05) is 42.5 Å². The minimum atomic E-state index is -3.75. The highest BCUT2D eigenvalue weighted by atomic mass is 32.2. The Kier molecular flexibility index (Phi) is 4.88. The van der Waals surface area contributed by atoms with Crippen molar-refractivity contribution >= 4 is 49.2 Å². The molecule has 1 heterocycles. The number of carbonyl (C=O) groups excluding carboxylic acids is 1. The monoisotopic (exact) mass is 442 g/mol. The average molecular weight is 442 g/mol. The molecule has 4 aromatic carbocycles. The molecule has 0 spiro atoms. The van der Waals surface area contributed by atoms with Crippen molar-refractivity contribution in [2.45, 2.75) is 4.90 Å². The number of fused-ring (bicyclic) bond motifs is 3. The highest BCUT2D eigenvalue weighted by molar-refractivity contribution is 7.92. The van der Waals surface area contributed by atoms with E-state index in [4.69, 9.17) is 4.42 Å². The molecule has 0 aliphatic rings. The van der Waals surface area contributed by atoms with Gasteiger partial charge < -0.3 is 9.73 Å². The topological polar surface area (TPSA) is 88.4 Å². The number of para-hydroxylation sites is 1. The second kappa shape index (κ2) is 7.86. The Morgan fingerprint density at radius 3 is 2.28 bits per heavy atom. The van der Waals surface area contributed by atoms with Gasteiger partial charge in [-0.25, -0.2) is 8.42 Å². The van der Waals surface area contributed by atoms with Gasteiger partial charge in [-0.3, -0.25) is 9.52 Å². The van der Waals surface area contributed by atoms with Crippen LogP contribution in [0.1, 0.15) is 10.4 Å². The van der Waals surface area contributed by atoms with Crippen molar-refractivity contribution in [3.8, 4) is 0 Å². The highest BCUT2D eigenvalue weighted by Gasteiger charge is 2.15. The quantitative estimate of drug-likeness (QED) is 0.369. The van der Waals surface area contributed by atoms with Crippen LogP contribution >= 0.6 is 0 Å². The molecular weight excluding hydrogens is 424 g/mol. The molecule has 0 aliphatic heterocycles. The van der Waals surface area contributed by atoms with Gasteiger partial charge in [-0.15, -0.1) is 0 Å². The molecule has 0 radical (unpaired) electrons. The first-order chi connectivity index (χ1) is 15.5. The molecule has 0 saturated heterocycles. The van der Waals surface area contributed by atoms with Crippen LogP contribution in [0.15, 0.2) is 106 Å². The van der Waals surface area contributed by atoms with E-state index in [0.717, 1.165) is 16.4 Å². The molecule has 5 rings (SSSR count). The van der Waals surface area contributed by atoms with Gasteiger partial charge in [0.05, 0.1) is 4.90 Å². The number of amides is 1. The number of hydrogen-bond donors (Lipinski definition) is 2. The maximum atomic E-state index is 12.8. The summed E-state index contributed by atoms with van der Waals surface area (Å²) in [6, 6.07) is 27.6. The first-order valence-electron chi connectivity index (χ1n) is 9.90. The summed E-state index contributed by atoms with van der Waals surface area (Å²) in [6.45, 7) is 0. The van der Waals surface area contributed by atoms with Crippen LogP contribution in [-0.4, -0.2) is 14.3 Å². The second-order valence-electron chi connectivity index (χ2n) is 7.26. The van der Waals surface area contributed by atoms with Gasteiger partial charge >= 0.3 is 0 Å². The number of sulfonamides is 1. The lowest BCUT2D eigenvalue weighted by Crippen LogP contribution is -2.15. The molecule has 7 heteroatoms.